The number of carbonyl (C=O) groups excluding carboxylic acids is 2. The molecular weight excluding hydrogens is 593 g/mol. The van der Waals surface area contributed by atoms with Crippen LogP contribution in [0.15, 0.2) is 65.3 Å². The van der Waals surface area contributed by atoms with E-state index in [1.165, 1.54) is 17.0 Å². The summed E-state index contributed by atoms with van der Waals surface area (Å²) in [6.45, 7) is 1.85. The molecule has 2 aliphatic rings. The van der Waals surface area contributed by atoms with Crippen LogP contribution in [0.4, 0.5) is 4.39 Å². The van der Waals surface area contributed by atoms with Crippen LogP contribution < -0.4 is 4.74 Å². The molecule has 1 aliphatic carbocycles. The summed E-state index contributed by atoms with van der Waals surface area (Å²) in [7, 11) is 0. The number of aliphatic hydroxyl groups is 2. The molecule has 248 valence electrons. The molecule has 1 aliphatic heterocycles. The molecule has 46 heavy (non-hydrogen) atoms. The van der Waals surface area contributed by atoms with E-state index >= 15 is 0 Å². The maximum Gasteiger partial charge on any atom is 0.303 e. The first-order valence-electron chi connectivity index (χ1n) is 16.1. The molecule has 0 unspecified atom stereocenters. The van der Waals surface area contributed by atoms with Gasteiger partial charge in [-0.05, 0) is 79.5 Å². The van der Waals surface area contributed by atoms with Crippen molar-refractivity contribution in [3.63, 3.8) is 0 Å². The maximum atomic E-state index is 14.0. The molecule has 0 aromatic heterocycles. The number of likely N-dealkylation sites (tertiary alicyclic amines) is 1. The molecule has 0 spiro atoms. The molecule has 0 radical (unpaired) electrons. The average Bonchev–Trinajstić information content (AvgIpc) is 3.28. The van der Waals surface area contributed by atoms with E-state index in [0.29, 0.717) is 54.6 Å². The zero-order valence-corrected chi connectivity index (χ0v) is 26.2. The highest BCUT2D eigenvalue weighted by atomic mass is 19.1. The number of rotatable bonds is 17. The molecule has 10 heteroatoms. The SMILES string of the molecule is CCC/C(=C\c1ccc(O)c(F)c1)CC[C@@H](O)C1=C(COc2ccccc2)C[C@H]2C(=O)N(CCCCCC(=O)O)C(=O)[C@H]2[C@H]1CO. The predicted octanol–water partition coefficient (Wildman–Crippen LogP) is 5.49. The number of fused-ring (bicyclic) bond motifs is 1. The number of unbranched alkanes of at least 4 members (excludes halogenated alkanes) is 2. The summed E-state index contributed by atoms with van der Waals surface area (Å²) in [6.07, 6.45) is 4.83. The number of imide groups is 1. The van der Waals surface area contributed by atoms with Crippen molar-refractivity contribution in [3.8, 4) is 11.5 Å². The minimum Gasteiger partial charge on any atom is -0.505 e. The summed E-state index contributed by atoms with van der Waals surface area (Å²) in [4.78, 5) is 39.3. The number of phenols is 1. The largest absolute Gasteiger partial charge is 0.505 e. The van der Waals surface area contributed by atoms with Gasteiger partial charge in [-0.15, -0.1) is 0 Å². The van der Waals surface area contributed by atoms with Crippen molar-refractivity contribution in [1.29, 1.82) is 0 Å². The molecule has 2 aromatic carbocycles. The zero-order chi connectivity index (χ0) is 33.2. The van der Waals surface area contributed by atoms with Gasteiger partial charge in [-0.3, -0.25) is 19.3 Å². The second-order valence-corrected chi connectivity index (χ2v) is 12.1. The van der Waals surface area contributed by atoms with Gasteiger partial charge in [0, 0.05) is 18.9 Å². The lowest BCUT2D eigenvalue weighted by molar-refractivity contribution is -0.141. The standard InChI is InChI=1S/C36H44FNO8/c1-2-9-23(18-24-14-15-30(40)29(37)19-24)13-16-31(41)33-25(22-46-26-10-5-3-6-11-26)20-27-34(28(33)21-39)36(45)38(35(27)44)17-8-4-7-12-32(42)43/h3,5-6,10-11,14-15,18-19,27-28,31,34,39-41H,2,4,7-9,12-13,16-17,20-22H2,1H3,(H,42,43)/b23-18+/t27-,28+,31-,34-/m1/s1. The van der Waals surface area contributed by atoms with Gasteiger partial charge < -0.3 is 25.2 Å². The van der Waals surface area contributed by atoms with E-state index in [1.807, 2.05) is 31.2 Å². The number of para-hydroxylation sites is 1. The van der Waals surface area contributed by atoms with E-state index < -0.39 is 48.0 Å². The summed E-state index contributed by atoms with van der Waals surface area (Å²) in [6, 6.07) is 13.3. The minimum absolute atomic E-state index is 0.0245. The van der Waals surface area contributed by atoms with Crippen LogP contribution in [0.5, 0.6) is 11.5 Å². The number of hydrogen-bond acceptors (Lipinski definition) is 7. The maximum absolute atomic E-state index is 14.0. The quantitative estimate of drug-likeness (QED) is 0.101. The van der Waals surface area contributed by atoms with Crippen molar-refractivity contribution in [2.24, 2.45) is 17.8 Å². The summed E-state index contributed by atoms with van der Waals surface area (Å²) in [5, 5.41) is 40.8. The molecule has 4 atom stereocenters. The number of aromatic hydroxyl groups is 1. The van der Waals surface area contributed by atoms with Gasteiger partial charge in [-0.1, -0.05) is 55.7 Å². The van der Waals surface area contributed by atoms with Crippen molar-refractivity contribution in [2.45, 2.75) is 70.8 Å². The van der Waals surface area contributed by atoms with Crippen LogP contribution in [0.1, 0.15) is 70.3 Å². The Balaban J connectivity index is 1.57. The smallest absolute Gasteiger partial charge is 0.303 e. The van der Waals surface area contributed by atoms with Gasteiger partial charge in [0.05, 0.1) is 24.5 Å². The van der Waals surface area contributed by atoms with Gasteiger partial charge in [0.1, 0.15) is 12.4 Å². The van der Waals surface area contributed by atoms with Crippen LogP contribution in [0.3, 0.4) is 0 Å². The second-order valence-electron chi connectivity index (χ2n) is 12.1. The predicted molar refractivity (Wildman–Crippen MR) is 170 cm³/mol. The van der Waals surface area contributed by atoms with Crippen LogP contribution in [-0.4, -0.2) is 69.0 Å². The fourth-order valence-corrected chi connectivity index (χ4v) is 6.70. The normalized spacial score (nSPS) is 20.7. The topological polar surface area (TPSA) is 145 Å². The monoisotopic (exact) mass is 637 g/mol. The van der Waals surface area contributed by atoms with Crippen molar-refractivity contribution < 1.29 is 43.9 Å². The van der Waals surface area contributed by atoms with E-state index in [1.54, 1.807) is 18.2 Å². The number of ether oxygens (including phenoxy) is 1. The first-order chi connectivity index (χ1) is 22.1. The Hall–Kier alpha value is -4.02. The molecule has 9 nitrogen and oxygen atoms in total. The molecule has 1 fully saturated rings. The number of halogens is 1. The first-order valence-corrected chi connectivity index (χ1v) is 16.1. The van der Waals surface area contributed by atoms with E-state index in [4.69, 9.17) is 9.84 Å². The Morgan fingerprint density at radius 3 is 2.50 bits per heavy atom. The van der Waals surface area contributed by atoms with Crippen LogP contribution in [-0.2, 0) is 14.4 Å². The fourth-order valence-electron chi connectivity index (χ4n) is 6.70. The minimum atomic E-state index is -1.03. The molecule has 1 heterocycles. The number of nitrogens with zero attached hydrogens (tertiary/aromatic N) is 1. The fraction of sp³-hybridized carbons (Fsp3) is 0.472. The highest BCUT2D eigenvalue weighted by Crippen LogP contribution is 2.46. The van der Waals surface area contributed by atoms with Gasteiger partial charge in [-0.25, -0.2) is 4.39 Å². The molecule has 2 aromatic rings. The molecule has 2 amide bonds. The van der Waals surface area contributed by atoms with E-state index in [2.05, 4.69) is 0 Å². The Morgan fingerprint density at radius 2 is 1.83 bits per heavy atom. The van der Waals surface area contributed by atoms with Crippen molar-refractivity contribution >= 4 is 23.9 Å². The lowest BCUT2D eigenvalue weighted by Crippen LogP contribution is -2.40. The Morgan fingerprint density at radius 1 is 1.07 bits per heavy atom. The van der Waals surface area contributed by atoms with Crippen LogP contribution >= 0.6 is 0 Å². The number of aliphatic hydroxyl groups excluding tert-OH is 2. The number of hydrogen-bond donors (Lipinski definition) is 4. The lowest BCUT2D eigenvalue weighted by Gasteiger charge is -2.36. The number of carboxylic acid groups (broad SMARTS) is 1. The Labute approximate surface area is 269 Å². The number of carbonyl (C=O) groups is 3. The van der Waals surface area contributed by atoms with Crippen LogP contribution in [0.2, 0.25) is 0 Å². The van der Waals surface area contributed by atoms with Crippen molar-refractivity contribution in [2.75, 3.05) is 19.8 Å². The van der Waals surface area contributed by atoms with Crippen LogP contribution in [0.25, 0.3) is 6.08 Å². The highest BCUT2D eigenvalue weighted by molar-refractivity contribution is 6.05. The van der Waals surface area contributed by atoms with Gasteiger partial charge in [-0.2, -0.15) is 0 Å². The molecule has 1 saturated heterocycles. The molecule has 0 saturated carbocycles. The first kappa shape index (κ1) is 34.8. The number of carboxylic acids is 1. The highest BCUT2D eigenvalue weighted by Gasteiger charge is 2.54. The number of allylic oxidation sites excluding steroid dienone is 1. The number of phenolic OH excluding ortho intramolecular Hbond substituents is 1. The molecular formula is C36H44FNO8. The summed E-state index contributed by atoms with van der Waals surface area (Å²) in [5.74, 6) is -4.39. The van der Waals surface area contributed by atoms with Gasteiger partial charge in [0.2, 0.25) is 11.8 Å². The Bertz CT molecular complexity index is 1440. The van der Waals surface area contributed by atoms with Gasteiger partial charge in [0.25, 0.3) is 0 Å². The Kier molecular flexibility index (Phi) is 12.5. The third kappa shape index (κ3) is 8.61. The number of amides is 2. The summed E-state index contributed by atoms with van der Waals surface area (Å²) in [5.41, 5.74) is 2.78. The summed E-state index contributed by atoms with van der Waals surface area (Å²) < 4.78 is 20.0. The number of aliphatic carboxylic acids is 1. The molecule has 4 N–H and O–H groups in total. The van der Waals surface area contributed by atoms with E-state index in [-0.39, 0.29) is 44.2 Å². The lowest BCUT2D eigenvalue weighted by atomic mass is 9.68. The van der Waals surface area contributed by atoms with Gasteiger partial charge in [0.15, 0.2) is 11.6 Å². The third-order valence-corrected chi connectivity index (χ3v) is 8.91. The van der Waals surface area contributed by atoms with Crippen LogP contribution in [0, 0.1) is 23.6 Å². The third-order valence-electron chi connectivity index (χ3n) is 8.91. The van der Waals surface area contributed by atoms with E-state index in [9.17, 15) is 34.1 Å². The van der Waals surface area contributed by atoms with Gasteiger partial charge >= 0.3 is 5.97 Å². The van der Waals surface area contributed by atoms with Crippen molar-refractivity contribution in [1.82, 2.24) is 4.90 Å². The zero-order valence-electron chi connectivity index (χ0n) is 26.2. The molecule has 0 bridgehead atoms. The second kappa shape index (κ2) is 16.5. The average molecular weight is 638 g/mol. The number of benzene rings is 2. The van der Waals surface area contributed by atoms with E-state index in [0.717, 1.165) is 12.0 Å². The summed E-state index contributed by atoms with van der Waals surface area (Å²) >= 11 is 0. The van der Waals surface area contributed by atoms with Crippen molar-refractivity contribution in [3.05, 3.63) is 76.6 Å². The molecule has 4 rings (SSSR count).